The van der Waals surface area contributed by atoms with E-state index in [0.717, 1.165) is 51.7 Å². The van der Waals surface area contributed by atoms with Gasteiger partial charge in [0.1, 0.15) is 18.5 Å². The fraction of sp³-hybridized carbons (Fsp3) is 0.478. The Labute approximate surface area is 168 Å². The third-order valence-electron chi connectivity index (χ3n) is 5.02. The van der Waals surface area contributed by atoms with Crippen LogP contribution in [0.25, 0.3) is 0 Å². The molecule has 0 unspecified atom stereocenters. The maximum Gasteiger partial charge on any atom is 0.119 e. The highest BCUT2D eigenvalue weighted by atomic mass is 16.5. The Morgan fingerprint density at radius 3 is 2.50 bits per heavy atom. The number of aliphatic hydroxyl groups excluding tert-OH is 1. The van der Waals surface area contributed by atoms with Gasteiger partial charge in [-0.3, -0.25) is 9.80 Å². The zero-order chi connectivity index (χ0) is 19.6. The number of aryl methyl sites for hydroxylation is 1. The Balaban J connectivity index is 1.53. The second-order valence-corrected chi connectivity index (χ2v) is 7.45. The molecule has 0 saturated carbocycles. The molecule has 1 saturated heterocycles. The number of hydrogen-bond acceptors (Lipinski definition) is 5. The largest absolute Gasteiger partial charge is 0.491 e. The van der Waals surface area contributed by atoms with Crippen molar-refractivity contribution in [3.05, 3.63) is 65.7 Å². The molecule has 1 atom stereocenters. The van der Waals surface area contributed by atoms with Crippen molar-refractivity contribution in [2.45, 2.75) is 19.6 Å². The van der Waals surface area contributed by atoms with Gasteiger partial charge in [-0.05, 0) is 24.6 Å². The van der Waals surface area contributed by atoms with Crippen molar-refractivity contribution in [3.63, 3.8) is 0 Å². The van der Waals surface area contributed by atoms with E-state index in [0.29, 0.717) is 13.2 Å². The van der Waals surface area contributed by atoms with Gasteiger partial charge in [-0.15, -0.1) is 0 Å². The van der Waals surface area contributed by atoms with E-state index in [4.69, 9.17) is 9.47 Å². The molecule has 152 valence electrons. The summed E-state index contributed by atoms with van der Waals surface area (Å²) in [5.74, 6) is 0.792. The summed E-state index contributed by atoms with van der Waals surface area (Å²) in [5.41, 5.74) is 2.53. The van der Waals surface area contributed by atoms with Crippen molar-refractivity contribution in [1.82, 2.24) is 9.80 Å². The van der Waals surface area contributed by atoms with Crippen LogP contribution in [0.3, 0.4) is 0 Å². The van der Waals surface area contributed by atoms with Gasteiger partial charge in [0.25, 0.3) is 0 Å². The van der Waals surface area contributed by atoms with E-state index < -0.39 is 6.10 Å². The Hall–Kier alpha value is -1.92. The van der Waals surface area contributed by atoms with Crippen LogP contribution in [0.1, 0.15) is 11.1 Å². The van der Waals surface area contributed by atoms with E-state index in [1.54, 1.807) is 0 Å². The van der Waals surface area contributed by atoms with Gasteiger partial charge >= 0.3 is 0 Å². The van der Waals surface area contributed by atoms with Gasteiger partial charge in [-0.2, -0.15) is 0 Å². The Morgan fingerprint density at radius 2 is 1.79 bits per heavy atom. The summed E-state index contributed by atoms with van der Waals surface area (Å²) in [7, 11) is 0. The first-order chi connectivity index (χ1) is 13.7. The predicted octanol–water partition coefficient (Wildman–Crippen LogP) is 2.57. The molecule has 2 aromatic rings. The number of morpholine rings is 1. The number of aliphatic hydroxyl groups is 1. The third kappa shape index (κ3) is 7.24. The van der Waals surface area contributed by atoms with Gasteiger partial charge < -0.3 is 14.6 Å². The van der Waals surface area contributed by atoms with Gasteiger partial charge in [0, 0.05) is 39.3 Å². The average Bonchev–Trinajstić information content (AvgIpc) is 2.74. The highest BCUT2D eigenvalue weighted by molar-refractivity contribution is 5.22. The first kappa shape index (κ1) is 20.8. The molecule has 1 fully saturated rings. The molecular formula is C23H32N2O3. The molecule has 3 rings (SSSR count). The number of rotatable bonds is 10. The van der Waals surface area contributed by atoms with E-state index in [-0.39, 0.29) is 0 Å². The molecule has 0 radical (unpaired) electrons. The maximum atomic E-state index is 10.5. The van der Waals surface area contributed by atoms with E-state index in [2.05, 4.69) is 41.0 Å². The lowest BCUT2D eigenvalue weighted by Crippen LogP contribution is -2.43. The predicted molar refractivity (Wildman–Crippen MR) is 112 cm³/mol. The molecule has 2 aromatic carbocycles. The van der Waals surface area contributed by atoms with E-state index >= 15 is 0 Å². The Kier molecular flexibility index (Phi) is 8.30. The number of ether oxygens (including phenoxy) is 2. The number of para-hydroxylation sites is 1. The molecule has 1 heterocycles. The third-order valence-corrected chi connectivity index (χ3v) is 5.02. The van der Waals surface area contributed by atoms with Crippen LogP contribution in [0.4, 0.5) is 0 Å². The van der Waals surface area contributed by atoms with Crippen molar-refractivity contribution >= 4 is 0 Å². The topological polar surface area (TPSA) is 45.2 Å². The Morgan fingerprint density at radius 1 is 1.07 bits per heavy atom. The quantitative estimate of drug-likeness (QED) is 0.682. The number of hydrogen-bond donors (Lipinski definition) is 1. The monoisotopic (exact) mass is 384 g/mol. The van der Waals surface area contributed by atoms with Crippen molar-refractivity contribution in [2.24, 2.45) is 0 Å². The van der Waals surface area contributed by atoms with Gasteiger partial charge in [-0.25, -0.2) is 0 Å². The number of benzene rings is 2. The second-order valence-electron chi connectivity index (χ2n) is 7.45. The molecule has 0 aromatic heterocycles. The lowest BCUT2D eigenvalue weighted by atomic mass is 10.1. The lowest BCUT2D eigenvalue weighted by Gasteiger charge is -2.31. The zero-order valence-corrected chi connectivity index (χ0v) is 16.8. The first-order valence-electron chi connectivity index (χ1n) is 10.1. The molecule has 0 aliphatic carbocycles. The maximum absolute atomic E-state index is 10.5. The highest BCUT2D eigenvalue weighted by Gasteiger charge is 2.16. The van der Waals surface area contributed by atoms with Crippen LogP contribution in [-0.4, -0.2) is 73.6 Å². The van der Waals surface area contributed by atoms with Gasteiger partial charge in [0.05, 0.1) is 13.2 Å². The molecule has 28 heavy (non-hydrogen) atoms. The molecule has 0 spiro atoms. The van der Waals surface area contributed by atoms with Crippen molar-refractivity contribution in [3.8, 4) is 5.75 Å². The van der Waals surface area contributed by atoms with Crippen LogP contribution in [0.2, 0.25) is 0 Å². The smallest absolute Gasteiger partial charge is 0.119 e. The molecule has 0 amide bonds. The van der Waals surface area contributed by atoms with E-state index in [1.807, 2.05) is 30.3 Å². The second kappa shape index (κ2) is 11.2. The summed E-state index contributed by atoms with van der Waals surface area (Å²) in [6.07, 6.45) is -0.532. The molecule has 1 aliphatic heterocycles. The standard InChI is InChI=1S/C23H32N2O3/c1-20-7-9-21(10-8-20)17-25(12-11-24-13-15-27-16-14-24)18-22(26)19-28-23-5-3-2-4-6-23/h2-10,22,26H,11-19H2,1H3/t22-/m1/s1. The van der Waals surface area contributed by atoms with Gasteiger partial charge in [0.15, 0.2) is 0 Å². The minimum atomic E-state index is -0.532. The highest BCUT2D eigenvalue weighted by Crippen LogP contribution is 2.11. The number of nitrogens with zero attached hydrogens (tertiary/aromatic N) is 2. The summed E-state index contributed by atoms with van der Waals surface area (Å²) in [6.45, 7) is 9.31. The van der Waals surface area contributed by atoms with E-state index in [9.17, 15) is 5.11 Å². The normalized spacial score (nSPS) is 16.2. The summed E-state index contributed by atoms with van der Waals surface area (Å²) in [6, 6.07) is 18.3. The van der Waals surface area contributed by atoms with Crippen LogP contribution >= 0.6 is 0 Å². The zero-order valence-electron chi connectivity index (χ0n) is 16.8. The first-order valence-corrected chi connectivity index (χ1v) is 10.1. The lowest BCUT2D eigenvalue weighted by molar-refractivity contribution is 0.0256. The van der Waals surface area contributed by atoms with Crippen molar-refractivity contribution in [1.29, 1.82) is 0 Å². The molecule has 1 aliphatic rings. The average molecular weight is 385 g/mol. The van der Waals surface area contributed by atoms with Crippen LogP contribution in [-0.2, 0) is 11.3 Å². The minimum Gasteiger partial charge on any atom is -0.491 e. The fourth-order valence-electron chi connectivity index (χ4n) is 3.35. The molecule has 5 nitrogen and oxygen atoms in total. The van der Waals surface area contributed by atoms with Crippen LogP contribution in [0.15, 0.2) is 54.6 Å². The summed E-state index contributed by atoms with van der Waals surface area (Å²) in [5, 5.41) is 10.5. The van der Waals surface area contributed by atoms with Crippen LogP contribution in [0, 0.1) is 6.92 Å². The minimum absolute atomic E-state index is 0.298. The summed E-state index contributed by atoms with van der Waals surface area (Å²) >= 11 is 0. The van der Waals surface area contributed by atoms with Crippen LogP contribution in [0.5, 0.6) is 5.75 Å². The van der Waals surface area contributed by atoms with Gasteiger partial charge in [-0.1, -0.05) is 48.0 Å². The summed E-state index contributed by atoms with van der Waals surface area (Å²) in [4.78, 5) is 4.75. The molecule has 5 heteroatoms. The fourth-order valence-corrected chi connectivity index (χ4v) is 3.35. The van der Waals surface area contributed by atoms with Crippen LogP contribution < -0.4 is 4.74 Å². The van der Waals surface area contributed by atoms with E-state index in [1.165, 1.54) is 11.1 Å². The van der Waals surface area contributed by atoms with Crippen molar-refractivity contribution < 1.29 is 14.6 Å². The molecule has 0 bridgehead atoms. The summed E-state index contributed by atoms with van der Waals surface area (Å²) < 4.78 is 11.2. The van der Waals surface area contributed by atoms with Crippen molar-refractivity contribution in [2.75, 3.05) is 52.5 Å². The molecular weight excluding hydrogens is 352 g/mol. The Bertz CT molecular complexity index is 672. The molecule has 1 N–H and O–H groups in total. The SMILES string of the molecule is Cc1ccc(CN(CCN2CCOCC2)C[C@@H](O)COc2ccccc2)cc1. The van der Waals surface area contributed by atoms with Gasteiger partial charge in [0.2, 0.25) is 0 Å².